The van der Waals surface area contributed by atoms with E-state index in [2.05, 4.69) is 62.4 Å². The van der Waals surface area contributed by atoms with E-state index >= 15 is 0 Å². The van der Waals surface area contributed by atoms with Gasteiger partial charge in [0.05, 0.1) is 0 Å². The van der Waals surface area contributed by atoms with Crippen LogP contribution in [0, 0.1) is 24.7 Å². The van der Waals surface area contributed by atoms with Crippen LogP contribution in [0.1, 0.15) is 101 Å². The minimum atomic E-state index is 0.795. The quantitative estimate of drug-likeness (QED) is 0.386. The van der Waals surface area contributed by atoms with Gasteiger partial charge in [-0.25, -0.2) is 0 Å². The lowest BCUT2D eigenvalue weighted by Crippen LogP contribution is -2.30. The first-order valence-electron chi connectivity index (χ1n) is 12.9. The van der Waals surface area contributed by atoms with Gasteiger partial charge in [0.1, 0.15) is 0 Å². The topological polar surface area (TPSA) is 0 Å². The van der Waals surface area contributed by atoms with Gasteiger partial charge in [-0.05, 0) is 79.4 Å². The van der Waals surface area contributed by atoms with E-state index in [1.807, 2.05) is 0 Å². The molecule has 2 aliphatic carbocycles. The molecule has 4 rings (SSSR count). The first-order valence-corrected chi connectivity index (χ1v) is 12.9. The Morgan fingerprint density at radius 1 is 0.667 bits per heavy atom. The van der Waals surface area contributed by atoms with E-state index in [0.29, 0.717) is 0 Å². The van der Waals surface area contributed by atoms with E-state index in [1.165, 1.54) is 93.7 Å². The monoisotopic (exact) mass is 402 g/mol. The number of hydrogen-bond donors (Lipinski definition) is 0. The average molecular weight is 403 g/mol. The van der Waals surface area contributed by atoms with Gasteiger partial charge in [-0.3, -0.25) is 0 Å². The molecule has 4 unspecified atom stereocenters. The van der Waals surface area contributed by atoms with E-state index in [1.54, 1.807) is 5.56 Å². The van der Waals surface area contributed by atoms with Gasteiger partial charge in [0.25, 0.3) is 0 Å². The van der Waals surface area contributed by atoms with Gasteiger partial charge >= 0.3 is 0 Å². The summed E-state index contributed by atoms with van der Waals surface area (Å²) in [7, 11) is 0. The van der Waals surface area contributed by atoms with Crippen LogP contribution in [0.2, 0.25) is 0 Å². The molecule has 0 bridgehead atoms. The predicted molar refractivity (Wildman–Crippen MR) is 131 cm³/mol. The molecule has 0 spiro atoms. The number of aryl methyl sites for hydroxylation is 1. The zero-order valence-electron chi connectivity index (χ0n) is 19.4. The Bertz CT molecular complexity index is 754. The van der Waals surface area contributed by atoms with Crippen LogP contribution >= 0.6 is 0 Å². The molecule has 0 nitrogen and oxygen atoms in total. The fourth-order valence-corrected chi connectivity index (χ4v) is 6.28. The van der Waals surface area contributed by atoms with Gasteiger partial charge in [0.15, 0.2) is 0 Å². The highest BCUT2D eigenvalue weighted by atomic mass is 14.4. The zero-order chi connectivity index (χ0) is 20.8. The van der Waals surface area contributed by atoms with Crippen molar-refractivity contribution in [1.82, 2.24) is 0 Å². The van der Waals surface area contributed by atoms with Crippen LogP contribution in [0.15, 0.2) is 48.5 Å². The highest BCUT2D eigenvalue weighted by Gasteiger charge is 2.35. The summed E-state index contributed by atoms with van der Waals surface area (Å²) in [6, 6.07) is 18.5. The summed E-state index contributed by atoms with van der Waals surface area (Å²) in [6.45, 7) is 4.47. The van der Waals surface area contributed by atoms with Crippen LogP contribution < -0.4 is 0 Å². The Balaban J connectivity index is 1.27. The van der Waals surface area contributed by atoms with Gasteiger partial charge in [-0.15, -0.1) is 0 Å². The predicted octanol–water partition coefficient (Wildman–Crippen LogP) is 9.32. The molecule has 0 aromatic heterocycles. The SMILES string of the molecule is CCCCCCCC1CCC2CC(c3ccc(-c4ccc(C)cc4)cc3)CCC2C1. The maximum atomic E-state index is 2.42. The Kier molecular flexibility index (Phi) is 7.69. The second-order valence-corrected chi connectivity index (χ2v) is 10.4. The second-order valence-electron chi connectivity index (χ2n) is 10.4. The second kappa shape index (κ2) is 10.7. The van der Waals surface area contributed by atoms with Crippen molar-refractivity contribution in [3.63, 3.8) is 0 Å². The summed E-state index contributed by atoms with van der Waals surface area (Å²) in [5.74, 6) is 3.86. The summed E-state index contributed by atoms with van der Waals surface area (Å²) in [5.41, 5.74) is 5.61. The molecule has 0 saturated heterocycles. The molecule has 30 heavy (non-hydrogen) atoms. The maximum Gasteiger partial charge on any atom is -0.0159 e. The van der Waals surface area contributed by atoms with Crippen LogP contribution in [0.4, 0.5) is 0 Å². The van der Waals surface area contributed by atoms with Crippen molar-refractivity contribution in [3.05, 3.63) is 59.7 Å². The molecule has 4 atom stereocenters. The molecule has 0 heterocycles. The van der Waals surface area contributed by atoms with Crippen molar-refractivity contribution in [2.24, 2.45) is 17.8 Å². The smallest absolute Gasteiger partial charge is 0.0159 e. The number of unbranched alkanes of at least 4 members (excludes halogenated alkanes) is 4. The molecule has 162 valence electrons. The van der Waals surface area contributed by atoms with E-state index < -0.39 is 0 Å². The van der Waals surface area contributed by atoms with Crippen molar-refractivity contribution in [3.8, 4) is 11.1 Å². The third-order valence-corrected chi connectivity index (χ3v) is 8.20. The first kappa shape index (κ1) is 21.7. The van der Waals surface area contributed by atoms with E-state index in [9.17, 15) is 0 Å². The third kappa shape index (κ3) is 5.57. The lowest BCUT2D eigenvalue weighted by Gasteiger charge is -2.42. The van der Waals surface area contributed by atoms with Gasteiger partial charge in [0, 0.05) is 0 Å². The van der Waals surface area contributed by atoms with Crippen LogP contribution in [0.3, 0.4) is 0 Å². The molecule has 0 heteroatoms. The molecule has 0 N–H and O–H groups in total. The lowest BCUT2D eigenvalue weighted by molar-refractivity contribution is 0.113. The Labute approximate surface area is 185 Å². The standard InChI is InChI=1S/C30H42/c1-3-4-5-6-7-8-24-11-14-30-22-29(20-19-28(30)21-24)27-17-15-26(16-18-27)25-12-9-23(2)10-13-25/h9-10,12-13,15-18,24,28-30H,3-8,11,14,19-22H2,1-2H3. The van der Waals surface area contributed by atoms with Crippen molar-refractivity contribution < 1.29 is 0 Å². The number of hydrogen-bond acceptors (Lipinski definition) is 0. The van der Waals surface area contributed by atoms with Crippen molar-refractivity contribution in [2.75, 3.05) is 0 Å². The molecule has 2 aromatic rings. The van der Waals surface area contributed by atoms with E-state index in [0.717, 1.165) is 23.7 Å². The van der Waals surface area contributed by atoms with E-state index in [-0.39, 0.29) is 0 Å². The summed E-state index contributed by atoms with van der Waals surface area (Å²) >= 11 is 0. The fourth-order valence-electron chi connectivity index (χ4n) is 6.28. The number of rotatable bonds is 8. The molecule has 2 fully saturated rings. The molecular weight excluding hydrogens is 360 g/mol. The average Bonchev–Trinajstić information content (AvgIpc) is 2.79. The van der Waals surface area contributed by atoms with Crippen molar-refractivity contribution in [2.45, 2.75) is 96.8 Å². The minimum Gasteiger partial charge on any atom is -0.0654 e. The van der Waals surface area contributed by atoms with E-state index in [4.69, 9.17) is 0 Å². The third-order valence-electron chi connectivity index (χ3n) is 8.20. The summed E-state index contributed by atoms with van der Waals surface area (Å²) in [5, 5.41) is 0. The van der Waals surface area contributed by atoms with Crippen LogP contribution in [-0.4, -0.2) is 0 Å². The molecule has 0 amide bonds. The largest absolute Gasteiger partial charge is 0.0654 e. The van der Waals surface area contributed by atoms with Crippen molar-refractivity contribution >= 4 is 0 Å². The molecular formula is C30H42. The number of benzene rings is 2. The normalized spacial score (nSPS) is 26.3. The Morgan fingerprint density at radius 2 is 1.30 bits per heavy atom. The van der Waals surface area contributed by atoms with Gasteiger partial charge in [-0.2, -0.15) is 0 Å². The Hall–Kier alpha value is -1.56. The maximum absolute atomic E-state index is 2.42. The van der Waals surface area contributed by atoms with Crippen LogP contribution in [-0.2, 0) is 0 Å². The highest BCUT2D eigenvalue weighted by Crippen LogP contribution is 2.48. The summed E-state index contributed by atoms with van der Waals surface area (Å²) in [4.78, 5) is 0. The fraction of sp³-hybridized carbons (Fsp3) is 0.600. The molecule has 0 radical (unpaired) electrons. The van der Waals surface area contributed by atoms with Gasteiger partial charge in [-0.1, -0.05) is 106 Å². The summed E-state index contributed by atoms with van der Waals surface area (Å²) < 4.78 is 0. The van der Waals surface area contributed by atoms with Crippen LogP contribution in [0.5, 0.6) is 0 Å². The molecule has 2 saturated carbocycles. The molecule has 2 aromatic carbocycles. The first-order chi connectivity index (χ1) is 14.7. The van der Waals surface area contributed by atoms with Crippen LogP contribution in [0.25, 0.3) is 11.1 Å². The zero-order valence-corrected chi connectivity index (χ0v) is 19.4. The van der Waals surface area contributed by atoms with Gasteiger partial charge in [0.2, 0.25) is 0 Å². The lowest BCUT2D eigenvalue weighted by atomic mass is 9.63. The number of fused-ring (bicyclic) bond motifs is 1. The molecule has 0 aliphatic heterocycles. The highest BCUT2D eigenvalue weighted by molar-refractivity contribution is 5.64. The summed E-state index contributed by atoms with van der Waals surface area (Å²) in [6.07, 6.45) is 17.6. The Morgan fingerprint density at radius 3 is 2.03 bits per heavy atom. The minimum absolute atomic E-state index is 0.795. The molecule has 2 aliphatic rings. The van der Waals surface area contributed by atoms with Crippen molar-refractivity contribution in [1.29, 1.82) is 0 Å². The van der Waals surface area contributed by atoms with Gasteiger partial charge < -0.3 is 0 Å².